The summed E-state index contributed by atoms with van der Waals surface area (Å²) in [5, 5.41) is 8.48. The third kappa shape index (κ3) is 2.54. The molecular formula is C13H15ClN4. The molecule has 0 bridgehead atoms. The fourth-order valence-corrected chi connectivity index (χ4v) is 1.93. The van der Waals surface area contributed by atoms with Crippen LogP contribution in [0.15, 0.2) is 24.5 Å². The summed E-state index contributed by atoms with van der Waals surface area (Å²) in [4.78, 5) is 4.32. The predicted molar refractivity (Wildman–Crippen MR) is 71.0 cm³/mol. The first kappa shape index (κ1) is 11.7. The number of aryl methyl sites for hydroxylation is 1. The number of rotatable bonds is 4. The van der Waals surface area contributed by atoms with Crippen molar-refractivity contribution in [3.05, 3.63) is 40.8 Å². The molecule has 2 heterocycles. The highest BCUT2D eigenvalue weighted by Crippen LogP contribution is 2.20. The normalized spacial score (nSPS) is 15.0. The smallest absolute Gasteiger partial charge is 0.153 e. The van der Waals surface area contributed by atoms with Gasteiger partial charge in [-0.1, -0.05) is 11.6 Å². The second-order valence-electron chi connectivity index (χ2n) is 4.68. The van der Waals surface area contributed by atoms with Crippen molar-refractivity contribution in [3.8, 4) is 5.82 Å². The number of nitrogens with one attached hydrogen (secondary N) is 1. The van der Waals surface area contributed by atoms with Gasteiger partial charge < -0.3 is 5.32 Å². The number of aromatic nitrogens is 3. The topological polar surface area (TPSA) is 42.7 Å². The quantitative estimate of drug-likeness (QED) is 0.921. The van der Waals surface area contributed by atoms with Crippen molar-refractivity contribution in [2.75, 3.05) is 0 Å². The standard InChI is InChI=1S/C13H15ClN4/c1-9-12(14)8-18(17-9)13-6-10(4-5-15-13)7-16-11-2-3-11/h4-6,8,11,16H,2-3,7H2,1H3. The maximum absolute atomic E-state index is 6.01. The minimum Gasteiger partial charge on any atom is -0.310 e. The van der Waals surface area contributed by atoms with Crippen LogP contribution in [0.5, 0.6) is 0 Å². The zero-order valence-electron chi connectivity index (χ0n) is 10.2. The number of pyridine rings is 1. The molecule has 5 heteroatoms. The van der Waals surface area contributed by atoms with Crippen LogP contribution in [-0.2, 0) is 6.54 Å². The van der Waals surface area contributed by atoms with Crippen molar-refractivity contribution in [3.63, 3.8) is 0 Å². The SMILES string of the molecule is Cc1nn(-c2cc(CNC3CC3)ccn2)cc1Cl. The molecule has 2 aromatic rings. The number of nitrogens with zero attached hydrogens (tertiary/aromatic N) is 3. The van der Waals surface area contributed by atoms with Crippen LogP contribution < -0.4 is 5.32 Å². The van der Waals surface area contributed by atoms with Crippen molar-refractivity contribution >= 4 is 11.6 Å². The zero-order chi connectivity index (χ0) is 12.5. The molecule has 0 spiro atoms. The molecule has 0 aromatic carbocycles. The Morgan fingerprint density at radius 1 is 1.50 bits per heavy atom. The molecule has 0 amide bonds. The summed E-state index contributed by atoms with van der Waals surface area (Å²) in [5.41, 5.74) is 2.04. The van der Waals surface area contributed by atoms with Crippen LogP contribution >= 0.6 is 11.6 Å². The van der Waals surface area contributed by atoms with E-state index in [2.05, 4.69) is 15.4 Å². The molecule has 0 saturated heterocycles. The summed E-state index contributed by atoms with van der Waals surface area (Å²) >= 11 is 6.01. The lowest BCUT2D eigenvalue weighted by atomic mass is 10.2. The molecule has 0 aliphatic heterocycles. The Labute approximate surface area is 111 Å². The minimum atomic E-state index is 0.665. The fourth-order valence-electron chi connectivity index (χ4n) is 1.80. The zero-order valence-corrected chi connectivity index (χ0v) is 11.0. The summed E-state index contributed by atoms with van der Waals surface area (Å²) < 4.78 is 1.72. The van der Waals surface area contributed by atoms with E-state index in [1.807, 2.05) is 25.3 Å². The van der Waals surface area contributed by atoms with Gasteiger partial charge in [-0.15, -0.1) is 0 Å². The van der Waals surface area contributed by atoms with Crippen LogP contribution in [0.25, 0.3) is 5.82 Å². The minimum absolute atomic E-state index is 0.665. The van der Waals surface area contributed by atoms with Gasteiger partial charge >= 0.3 is 0 Å². The van der Waals surface area contributed by atoms with Crippen LogP contribution in [-0.4, -0.2) is 20.8 Å². The Hall–Kier alpha value is -1.39. The molecule has 1 saturated carbocycles. The first-order chi connectivity index (χ1) is 8.72. The Kier molecular flexibility index (Phi) is 3.06. The van der Waals surface area contributed by atoms with E-state index in [0.29, 0.717) is 11.1 Å². The third-order valence-electron chi connectivity index (χ3n) is 3.06. The van der Waals surface area contributed by atoms with Gasteiger partial charge in [0.15, 0.2) is 5.82 Å². The summed E-state index contributed by atoms with van der Waals surface area (Å²) in [6.07, 6.45) is 6.19. The molecule has 0 atom stereocenters. The second kappa shape index (κ2) is 4.71. The average molecular weight is 263 g/mol. The molecule has 94 valence electrons. The van der Waals surface area contributed by atoms with Gasteiger partial charge in [0.05, 0.1) is 16.9 Å². The molecule has 18 heavy (non-hydrogen) atoms. The van der Waals surface area contributed by atoms with Gasteiger partial charge in [-0.25, -0.2) is 9.67 Å². The predicted octanol–water partition coefficient (Wildman–Crippen LogP) is 2.48. The van der Waals surface area contributed by atoms with E-state index >= 15 is 0 Å². The first-order valence-electron chi connectivity index (χ1n) is 6.13. The van der Waals surface area contributed by atoms with E-state index in [0.717, 1.165) is 18.1 Å². The summed E-state index contributed by atoms with van der Waals surface area (Å²) in [6.45, 7) is 2.77. The molecular weight excluding hydrogens is 248 g/mol. The monoisotopic (exact) mass is 262 g/mol. The van der Waals surface area contributed by atoms with Crippen molar-refractivity contribution in [2.45, 2.75) is 32.4 Å². The van der Waals surface area contributed by atoms with Gasteiger partial charge in [0.25, 0.3) is 0 Å². The van der Waals surface area contributed by atoms with Crippen LogP contribution in [0.3, 0.4) is 0 Å². The van der Waals surface area contributed by atoms with Gasteiger partial charge in [0.2, 0.25) is 0 Å². The van der Waals surface area contributed by atoms with Crippen molar-refractivity contribution in [1.82, 2.24) is 20.1 Å². The highest BCUT2D eigenvalue weighted by molar-refractivity contribution is 6.31. The number of halogens is 1. The first-order valence-corrected chi connectivity index (χ1v) is 6.50. The fraction of sp³-hybridized carbons (Fsp3) is 0.385. The van der Waals surface area contributed by atoms with E-state index in [1.165, 1.54) is 18.4 Å². The lowest BCUT2D eigenvalue weighted by molar-refractivity contribution is 0.685. The van der Waals surface area contributed by atoms with E-state index in [9.17, 15) is 0 Å². The van der Waals surface area contributed by atoms with E-state index in [1.54, 1.807) is 10.9 Å². The Bertz CT molecular complexity index is 540. The molecule has 1 fully saturated rings. The Morgan fingerprint density at radius 3 is 3.00 bits per heavy atom. The molecule has 0 unspecified atom stereocenters. The van der Waals surface area contributed by atoms with Gasteiger partial charge in [-0.2, -0.15) is 5.10 Å². The molecule has 3 rings (SSSR count). The lowest BCUT2D eigenvalue weighted by Gasteiger charge is -2.05. The van der Waals surface area contributed by atoms with Crippen molar-refractivity contribution < 1.29 is 0 Å². The summed E-state index contributed by atoms with van der Waals surface area (Å²) in [5.74, 6) is 0.806. The van der Waals surface area contributed by atoms with Gasteiger partial charge in [0.1, 0.15) is 0 Å². The summed E-state index contributed by atoms with van der Waals surface area (Å²) in [7, 11) is 0. The highest BCUT2D eigenvalue weighted by Gasteiger charge is 2.19. The van der Waals surface area contributed by atoms with E-state index in [-0.39, 0.29) is 0 Å². The maximum atomic E-state index is 6.01. The Morgan fingerprint density at radius 2 is 2.33 bits per heavy atom. The lowest BCUT2D eigenvalue weighted by Crippen LogP contribution is -2.15. The largest absolute Gasteiger partial charge is 0.310 e. The van der Waals surface area contributed by atoms with Crippen LogP contribution in [0.1, 0.15) is 24.1 Å². The van der Waals surface area contributed by atoms with Gasteiger partial charge in [0, 0.05) is 18.8 Å². The van der Waals surface area contributed by atoms with E-state index < -0.39 is 0 Å². The molecule has 1 N–H and O–H groups in total. The number of hydrogen-bond acceptors (Lipinski definition) is 3. The van der Waals surface area contributed by atoms with Crippen molar-refractivity contribution in [1.29, 1.82) is 0 Å². The molecule has 2 aromatic heterocycles. The molecule has 4 nitrogen and oxygen atoms in total. The highest BCUT2D eigenvalue weighted by atomic mass is 35.5. The van der Waals surface area contributed by atoms with Crippen LogP contribution in [0.2, 0.25) is 5.02 Å². The third-order valence-corrected chi connectivity index (χ3v) is 3.43. The van der Waals surface area contributed by atoms with Crippen molar-refractivity contribution in [2.24, 2.45) is 0 Å². The van der Waals surface area contributed by atoms with Crippen LogP contribution in [0, 0.1) is 6.92 Å². The maximum Gasteiger partial charge on any atom is 0.153 e. The molecule has 1 aliphatic carbocycles. The van der Waals surface area contributed by atoms with Gasteiger partial charge in [-0.05, 0) is 37.5 Å². The second-order valence-corrected chi connectivity index (χ2v) is 5.09. The molecule has 1 aliphatic rings. The number of hydrogen-bond donors (Lipinski definition) is 1. The average Bonchev–Trinajstić information content (AvgIpc) is 3.14. The molecule has 0 radical (unpaired) electrons. The van der Waals surface area contributed by atoms with E-state index in [4.69, 9.17) is 11.6 Å². The summed E-state index contributed by atoms with van der Waals surface area (Å²) in [6, 6.07) is 4.78. The Balaban J connectivity index is 1.80. The van der Waals surface area contributed by atoms with Crippen LogP contribution in [0.4, 0.5) is 0 Å². The van der Waals surface area contributed by atoms with Gasteiger partial charge in [-0.3, -0.25) is 0 Å².